The van der Waals surface area contributed by atoms with Gasteiger partial charge in [-0.1, -0.05) is 31.5 Å². The number of hydrogen-bond acceptors (Lipinski definition) is 4. The molecule has 0 aliphatic rings. The van der Waals surface area contributed by atoms with Gasteiger partial charge in [-0.05, 0) is 24.6 Å². The number of anilines is 2. The van der Waals surface area contributed by atoms with Crippen molar-refractivity contribution in [1.29, 1.82) is 0 Å². The summed E-state index contributed by atoms with van der Waals surface area (Å²) in [6.45, 7) is 3.53. The molecule has 1 aromatic heterocycles. The minimum Gasteiger partial charge on any atom is -0.325 e. The molecule has 2 aromatic rings. The molecule has 0 fully saturated rings. The van der Waals surface area contributed by atoms with Gasteiger partial charge in [0.1, 0.15) is 0 Å². The summed E-state index contributed by atoms with van der Waals surface area (Å²) in [7, 11) is 0. The SMILES string of the molecule is CCCCN(c1ccccc1)c1nccc(CN)n1. The second kappa shape index (κ2) is 6.85. The van der Waals surface area contributed by atoms with Crippen LogP contribution in [0.5, 0.6) is 0 Å². The van der Waals surface area contributed by atoms with Gasteiger partial charge in [-0.15, -0.1) is 0 Å². The zero-order valence-corrected chi connectivity index (χ0v) is 11.3. The molecular weight excluding hydrogens is 236 g/mol. The molecule has 0 aliphatic carbocycles. The lowest BCUT2D eigenvalue weighted by Gasteiger charge is -2.22. The Morgan fingerprint density at radius 3 is 2.63 bits per heavy atom. The second-order valence-electron chi connectivity index (χ2n) is 4.39. The van der Waals surface area contributed by atoms with Crippen molar-refractivity contribution < 1.29 is 0 Å². The number of benzene rings is 1. The van der Waals surface area contributed by atoms with Crippen LogP contribution in [0.15, 0.2) is 42.6 Å². The maximum atomic E-state index is 5.65. The molecule has 1 aromatic carbocycles. The molecule has 4 nitrogen and oxygen atoms in total. The van der Waals surface area contributed by atoms with Crippen LogP contribution in [0.3, 0.4) is 0 Å². The van der Waals surface area contributed by atoms with Gasteiger partial charge in [0.05, 0.1) is 5.69 Å². The highest BCUT2D eigenvalue weighted by Crippen LogP contribution is 2.22. The molecule has 2 rings (SSSR count). The van der Waals surface area contributed by atoms with Crippen molar-refractivity contribution >= 4 is 11.6 Å². The highest BCUT2D eigenvalue weighted by atomic mass is 15.3. The molecule has 19 heavy (non-hydrogen) atoms. The highest BCUT2D eigenvalue weighted by Gasteiger charge is 2.11. The first-order valence-electron chi connectivity index (χ1n) is 6.69. The third-order valence-electron chi connectivity index (χ3n) is 2.95. The monoisotopic (exact) mass is 256 g/mol. The number of para-hydroxylation sites is 1. The molecular formula is C15H20N4. The van der Waals surface area contributed by atoms with E-state index in [2.05, 4.69) is 33.9 Å². The molecule has 0 bridgehead atoms. The molecule has 1 heterocycles. The van der Waals surface area contributed by atoms with E-state index in [1.54, 1.807) is 6.20 Å². The Morgan fingerprint density at radius 2 is 1.95 bits per heavy atom. The molecule has 0 radical (unpaired) electrons. The number of aromatic nitrogens is 2. The molecule has 0 atom stereocenters. The Morgan fingerprint density at radius 1 is 1.16 bits per heavy atom. The Labute approximate surface area is 114 Å². The fourth-order valence-corrected chi connectivity index (χ4v) is 1.90. The minimum absolute atomic E-state index is 0.436. The van der Waals surface area contributed by atoms with Crippen molar-refractivity contribution in [3.63, 3.8) is 0 Å². The molecule has 0 amide bonds. The van der Waals surface area contributed by atoms with E-state index in [1.165, 1.54) is 0 Å². The van der Waals surface area contributed by atoms with Crippen molar-refractivity contribution in [1.82, 2.24) is 9.97 Å². The Bertz CT molecular complexity index is 499. The summed E-state index contributed by atoms with van der Waals surface area (Å²) in [4.78, 5) is 11.0. The van der Waals surface area contributed by atoms with Gasteiger partial charge in [0, 0.05) is 25.0 Å². The maximum Gasteiger partial charge on any atom is 0.230 e. The van der Waals surface area contributed by atoms with E-state index in [-0.39, 0.29) is 0 Å². The Hall–Kier alpha value is -1.94. The van der Waals surface area contributed by atoms with Crippen LogP contribution in [-0.4, -0.2) is 16.5 Å². The van der Waals surface area contributed by atoms with E-state index in [0.29, 0.717) is 6.54 Å². The third kappa shape index (κ3) is 3.51. The summed E-state index contributed by atoms with van der Waals surface area (Å²) >= 11 is 0. The molecule has 0 spiro atoms. The van der Waals surface area contributed by atoms with E-state index in [9.17, 15) is 0 Å². The topological polar surface area (TPSA) is 55.0 Å². The van der Waals surface area contributed by atoms with E-state index in [1.807, 2.05) is 24.3 Å². The van der Waals surface area contributed by atoms with Crippen molar-refractivity contribution in [2.75, 3.05) is 11.4 Å². The standard InChI is InChI=1S/C15H20N4/c1-2-3-11-19(14-7-5-4-6-8-14)15-17-10-9-13(12-16)18-15/h4-10H,2-3,11-12,16H2,1H3. The van der Waals surface area contributed by atoms with Gasteiger partial charge in [-0.25, -0.2) is 9.97 Å². The van der Waals surface area contributed by atoms with E-state index in [0.717, 1.165) is 36.7 Å². The van der Waals surface area contributed by atoms with E-state index < -0.39 is 0 Å². The fraction of sp³-hybridized carbons (Fsp3) is 0.333. The van der Waals surface area contributed by atoms with Crippen molar-refractivity contribution in [3.8, 4) is 0 Å². The van der Waals surface area contributed by atoms with Crippen LogP contribution in [0.25, 0.3) is 0 Å². The summed E-state index contributed by atoms with van der Waals surface area (Å²) < 4.78 is 0. The fourth-order valence-electron chi connectivity index (χ4n) is 1.90. The third-order valence-corrected chi connectivity index (χ3v) is 2.95. The molecule has 4 heteroatoms. The lowest BCUT2D eigenvalue weighted by Crippen LogP contribution is -2.21. The first-order valence-corrected chi connectivity index (χ1v) is 6.69. The van der Waals surface area contributed by atoms with Gasteiger partial charge < -0.3 is 10.6 Å². The smallest absolute Gasteiger partial charge is 0.230 e. The van der Waals surface area contributed by atoms with Crippen LogP contribution in [0, 0.1) is 0 Å². The zero-order chi connectivity index (χ0) is 13.5. The molecule has 0 aliphatic heterocycles. The molecule has 2 N–H and O–H groups in total. The largest absolute Gasteiger partial charge is 0.325 e. The predicted molar refractivity (Wildman–Crippen MR) is 78.3 cm³/mol. The van der Waals surface area contributed by atoms with E-state index >= 15 is 0 Å². The van der Waals surface area contributed by atoms with Crippen molar-refractivity contribution in [2.24, 2.45) is 5.73 Å². The summed E-state index contributed by atoms with van der Waals surface area (Å²) in [5.41, 5.74) is 7.63. The lowest BCUT2D eigenvalue weighted by molar-refractivity contribution is 0.767. The minimum atomic E-state index is 0.436. The Kier molecular flexibility index (Phi) is 4.86. The number of rotatable bonds is 6. The van der Waals surface area contributed by atoms with Crippen LogP contribution in [0.4, 0.5) is 11.6 Å². The van der Waals surface area contributed by atoms with Crippen molar-refractivity contribution in [3.05, 3.63) is 48.3 Å². The average Bonchev–Trinajstić information content (AvgIpc) is 2.49. The average molecular weight is 256 g/mol. The lowest BCUT2D eigenvalue weighted by atomic mass is 10.2. The Balaban J connectivity index is 2.31. The summed E-state index contributed by atoms with van der Waals surface area (Å²) in [6.07, 6.45) is 4.01. The van der Waals surface area contributed by atoms with Gasteiger partial charge >= 0.3 is 0 Å². The maximum absolute atomic E-state index is 5.65. The van der Waals surface area contributed by atoms with Crippen LogP contribution >= 0.6 is 0 Å². The number of nitrogens with two attached hydrogens (primary N) is 1. The second-order valence-corrected chi connectivity index (χ2v) is 4.39. The molecule has 0 saturated carbocycles. The van der Waals surface area contributed by atoms with Crippen molar-refractivity contribution in [2.45, 2.75) is 26.3 Å². The van der Waals surface area contributed by atoms with Gasteiger partial charge in [-0.3, -0.25) is 0 Å². The van der Waals surface area contributed by atoms with Crippen LogP contribution < -0.4 is 10.6 Å². The number of nitrogens with zero attached hydrogens (tertiary/aromatic N) is 3. The van der Waals surface area contributed by atoms with Crippen LogP contribution in [-0.2, 0) is 6.54 Å². The molecule has 0 unspecified atom stereocenters. The first-order chi connectivity index (χ1) is 9.35. The molecule has 100 valence electrons. The normalized spacial score (nSPS) is 10.4. The van der Waals surface area contributed by atoms with E-state index in [4.69, 9.17) is 5.73 Å². The predicted octanol–water partition coefficient (Wildman–Crippen LogP) is 2.87. The highest BCUT2D eigenvalue weighted by molar-refractivity contribution is 5.56. The zero-order valence-electron chi connectivity index (χ0n) is 11.3. The summed E-state index contributed by atoms with van der Waals surface area (Å²) in [6, 6.07) is 12.1. The van der Waals surface area contributed by atoms with Gasteiger partial charge in [-0.2, -0.15) is 0 Å². The summed E-state index contributed by atoms with van der Waals surface area (Å²) in [5, 5.41) is 0. The van der Waals surface area contributed by atoms with Crippen LogP contribution in [0.1, 0.15) is 25.5 Å². The first kappa shape index (κ1) is 13.5. The number of hydrogen-bond donors (Lipinski definition) is 1. The van der Waals surface area contributed by atoms with Crippen LogP contribution in [0.2, 0.25) is 0 Å². The molecule has 0 saturated heterocycles. The van der Waals surface area contributed by atoms with Gasteiger partial charge in [0.25, 0.3) is 0 Å². The quantitative estimate of drug-likeness (QED) is 0.863. The number of unbranched alkanes of at least 4 members (excludes halogenated alkanes) is 1. The van der Waals surface area contributed by atoms with Gasteiger partial charge in [0.2, 0.25) is 5.95 Å². The van der Waals surface area contributed by atoms with Gasteiger partial charge in [0.15, 0.2) is 0 Å². The summed E-state index contributed by atoms with van der Waals surface area (Å²) in [5.74, 6) is 0.725.